The normalized spacial score (nSPS) is 9.61. The molecule has 0 bridgehead atoms. The van der Waals surface area contributed by atoms with Crippen molar-refractivity contribution in [1.82, 2.24) is 10.2 Å². The smallest absolute Gasteiger partial charge is 0.171 e. The van der Waals surface area contributed by atoms with Crippen LogP contribution in [0.3, 0.4) is 0 Å². The Morgan fingerprint density at radius 2 is 2.22 bits per heavy atom. The van der Waals surface area contributed by atoms with Gasteiger partial charge >= 0.3 is 0 Å². The summed E-state index contributed by atoms with van der Waals surface area (Å²) in [6.45, 7) is 0. The third-order valence-electron chi connectivity index (χ3n) is 2.26. The summed E-state index contributed by atoms with van der Waals surface area (Å²) in [5.41, 5.74) is 0.798. The number of aromatic nitrogens is 2. The quantitative estimate of drug-likeness (QED) is 0.896. The lowest BCUT2D eigenvalue weighted by Gasteiger charge is -2.07. The topological polar surface area (TPSA) is 70.8 Å². The predicted octanol–water partition coefficient (Wildman–Crippen LogP) is 2.24. The van der Waals surface area contributed by atoms with Gasteiger partial charge in [0.05, 0.1) is 18.9 Å². The molecular weight excluding hydrogens is 235 g/mol. The number of hydrogen-bond acceptors (Lipinski definition) is 5. The van der Waals surface area contributed by atoms with Crippen LogP contribution < -0.4 is 10.1 Å². The van der Waals surface area contributed by atoms with E-state index in [1.807, 2.05) is 6.07 Å². The van der Waals surface area contributed by atoms with E-state index in [1.165, 1.54) is 31.5 Å². The number of anilines is 2. The average molecular weight is 244 g/mol. The predicted molar refractivity (Wildman–Crippen MR) is 63.0 cm³/mol. The number of ether oxygens (including phenoxy) is 1. The van der Waals surface area contributed by atoms with Crippen LogP contribution in [0.5, 0.6) is 5.75 Å². The van der Waals surface area contributed by atoms with Gasteiger partial charge in [-0.25, -0.2) is 4.39 Å². The van der Waals surface area contributed by atoms with Gasteiger partial charge in [0.2, 0.25) is 0 Å². The zero-order chi connectivity index (χ0) is 13.0. The molecule has 0 saturated heterocycles. The number of hydrogen-bond donors (Lipinski definition) is 1. The zero-order valence-electron chi connectivity index (χ0n) is 9.51. The maximum Gasteiger partial charge on any atom is 0.171 e. The van der Waals surface area contributed by atoms with Crippen molar-refractivity contribution in [3.8, 4) is 11.8 Å². The standard InChI is InChI=1S/C12H9FN4O/c1-18-11-3-2-9(6-10(11)13)16-12-8(7-14)4-5-15-17-12/h2-6H,1H3,(H,16,17). The number of nitrogens with one attached hydrogen (secondary N) is 1. The van der Waals surface area contributed by atoms with Crippen molar-refractivity contribution in [1.29, 1.82) is 5.26 Å². The summed E-state index contributed by atoms with van der Waals surface area (Å²) in [6, 6.07) is 7.86. The van der Waals surface area contributed by atoms with Crippen LogP contribution in [0.15, 0.2) is 30.5 Å². The van der Waals surface area contributed by atoms with E-state index in [-0.39, 0.29) is 11.6 Å². The van der Waals surface area contributed by atoms with E-state index in [0.29, 0.717) is 11.3 Å². The first-order chi connectivity index (χ1) is 8.74. The molecule has 1 aromatic carbocycles. The maximum atomic E-state index is 13.5. The SMILES string of the molecule is COc1ccc(Nc2nnccc2C#N)cc1F. The number of rotatable bonds is 3. The van der Waals surface area contributed by atoms with Crippen LogP contribution >= 0.6 is 0 Å². The molecule has 90 valence electrons. The van der Waals surface area contributed by atoms with Crippen LogP contribution in [0.1, 0.15) is 5.56 Å². The molecule has 0 spiro atoms. The highest BCUT2D eigenvalue weighted by Crippen LogP contribution is 2.23. The minimum Gasteiger partial charge on any atom is -0.494 e. The van der Waals surface area contributed by atoms with E-state index in [9.17, 15) is 4.39 Å². The average Bonchev–Trinajstić information content (AvgIpc) is 2.39. The first-order valence-electron chi connectivity index (χ1n) is 5.07. The number of benzene rings is 1. The Balaban J connectivity index is 2.29. The second kappa shape index (κ2) is 5.10. The summed E-state index contributed by atoms with van der Waals surface area (Å²) in [7, 11) is 1.39. The largest absolute Gasteiger partial charge is 0.494 e. The van der Waals surface area contributed by atoms with Gasteiger partial charge in [-0.15, -0.1) is 5.10 Å². The minimum absolute atomic E-state index is 0.153. The zero-order valence-corrected chi connectivity index (χ0v) is 9.51. The summed E-state index contributed by atoms with van der Waals surface area (Å²) in [4.78, 5) is 0. The van der Waals surface area contributed by atoms with Gasteiger partial charge in [0, 0.05) is 11.8 Å². The van der Waals surface area contributed by atoms with Crippen molar-refractivity contribution in [2.75, 3.05) is 12.4 Å². The third-order valence-corrected chi connectivity index (χ3v) is 2.26. The molecule has 0 atom stereocenters. The van der Waals surface area contributed by atoms with E-state index < -0.39 is 5.82 Å². The Morgan fingerprint density at radius 1 is 1.39 bits per heavy atom. The highest BCUT2D eigenvalue weighted by atomic mass is 19.1. The molecular formula is C12H9FN4O. The maximum absolute atomic E-state index is 13.5. The molecule has 2 aromatic rings. The van der Waals surface area contributed by atoms with Gasteiger partial charge in [0.25, 0.3) is 0 Å². The lowest BCUT2D eigenvalue weighted by molar-refractivity contribution is 0.386. The van der Waals surface area contributed by atoms with Gasteiger partial charge in [0.1, 0.15) is 6.07 Å². The Hall–Kier alpha value is -2.68. The fourth-order valence-electron chi connectivity index (χ4n) is 1.40. The molecule has 0 amide bonds. The van der Waals surface area contributed by atoms with Gasteiger partial charge in [-0.3, -0.25) is 0 Å². The highest BCUT2D eigenvalue weighted by Gasteiger charge is 2.07. The molecule has 18 heavy (non-hydrogen) atoms. The van der Waals surface area contributed by atoms with Crippen LogP contribution in [-0.2, 0) is 0 Å². The lowest BCUT2D eigenvalue weighted by atomic mass is 10.2. The van der Waals surface area contributed by atoms with Crippen molar-refractivity contribution in [3.63, 3.8) is 0 Å². The molecule has 0 radical (unpaired) electrons. The van der Waals surface area contributed by atoms with Crippen molar-refractivity contribution < 1.29 is 9.13 Å². The van der Waals surface area contributed by atoms with Gasteiger partial charge < -0.3 is 10.1 Å². The van der Waals surface area contributed by atoms with E-state index >= 15 is 0 Å². The van der Waals surface area contributed by atoms with E-state index in [1.54, 1.807) is 6.07 Å². The Bertz CT molecular complexity index is 609. The summed E-state index contributed by atoms with van der Waals surface area (Å²) < 4.78 is 18.3. The molecule has 1 aromatic heterocycles. The molecule has 0 unspecified atom stereocenters. The summed E-state index contributed by atoms with van der Waals surface area (Å²) in [5, 5.41) is 19.1. The number of halogens is 1. The van der Waals surface area contributed by atoms with E-state index in [0.717, 1.165) is 0 Å². The molecule has 0 fully saturated rings. The van der Waals surface area contributed by atoms with Crippen molar-refractivity contribution in [3.05, 3.63) is 41.8 Å². The lowest BCUT2D eigenvalue weighted by Crippen LogP contribution is -1.99. The number of nitrogens with zero attached hydrogens (tertiary/aromatic N) is 3. The van der Waals surface area contributed by atoms with Crippen LogP contribution in [0.2, 0.25) is 0 Å². The van der Waals surface area contributed by atoms with Crippen LogP contribution in [0.25, 0.3) is 0 Å². The fourth-order valence-corrected chi connectivity index (χ4v) is 1.40. The van der Waals surface area contributed by atoms with Crippen molar-refractivity contribution in [2.24, 2.45) is 0 Å². The first-order valence-corrected chi connectivity index (χ1v) is 5.07. The third kappa shape index (κ3) is 2.35. The summed E-state index contributed by atoms with van der Waals surface area (Å²) >= 11 is 0. The van der Waals surface area contributed by atoms with Gasteiger partial charge in [-0.1, -0.05) is 0 Å². The highest BCUT2D eigenvalue weighted by molar-refractivity contribution is 5.62. The fraction of sp³-hybridized carbons (Fsp3) is 0.0833. The molecule has 0 aliphatic carbocycles. The van der Waals surface area contributed by atoms with Gasteiger partial charge in [0.15, 0.2) is 17.4 Å². The van der Waals surface area contributed by atoms with Crippen LogP contribution in [0.4, 0.5) is 15.9 Å². The molecule has 6 heteroatoms. The minimum atomic E-state index is -0.495. The van der Waals surface area contributed by atoms with Gasteiger partial charge in [-0.05, 0) is 18.2 Å². The van der Waals surface area contributed by atoms with Gasteiger partial charge in [-0.2, -0.15) is 10.4 Å². The Kier molecular flexibility index (Phi) is 3.34. The second-order valence-corrected chi connectivity index (χ2v) is 3.38. The molecule has 1 N–H and O–H groups in total. The molecule has 0 saturated carbocycles. The summed E-state index contributed by atoms with van der Waals surface area (Å²) in [6.07, 6.45) is 1.42. The first kappa shape index (κ1) is 11.8. The Labute approximate surface area is 103 Å². The van der Waals surface area contributed by atoms with Crippen molar-refractivity contribution >= 4 is 11.5 Å². The van der Waals surface area contributed by atoms with Crippen LogP contribution in [-0.4, -0.2) is 17.3 Å². The molecule has 2 rings (SSSR count). The second-order valence-electron chi connectivity index (χ2n) is 3.38. The number of nitriles is 1. The monoisotopic (exact) mass is 244 g/mol. The van der Waals surface area contributed by atoms with Crippen molar-refractivity contribution in [2.45, 2.75) is 0 Å². The molecule has 0 aliphatic rings. The molecule has 0 aliphatic heterocycles. The van der Waals surface area contributed by atoms with E-state index in [2.05, 4.69) is 15.5 Å². The van der Waals surface area contributed by atoms with E-state index in [4.69, 9.17) is 10.00 Å². The molecule has 5 nitrogen and oxygen atoms in total. The number of methoxy groups -OCH3 is 1. The van der Waals surface area contributed by atoms with Crippen LogP contribution in [0, 0.1) is 17.1 Å². The molecule has 1 heterocycles. The Morgan fingerprint density at radius 3 is 2.89 bits per heavy atom. The summed E-state index contributed by atoms with van der Waals surface area (Å²) in [5.74, 6) is -0.0605.